The molecular formula is C26H24N2O3. The van der Waals surface area contributed by atoms with E-state index in [1.165, 1.54) is 16.8 Å². The van der Waals surface area contributed by atoms with E-state index < -0.39 is 5.97 Å². The Labute approximate surface area is 182 Å². The van der Waals surface area contributed by atoms with Gasteiger partial charge in [-0.3, -0.25) is 0 Å². The zero-order chi connectivity index (χ0) is 21.4. The van der Waals surface area contributed by atoms with E-state index in [9.17, 15) is 10.1 Å². The van der Waals surface area contributed by atoms with Crippen molar-refractivity contribution in [2.45, 2.75) is 32.6 Å². The molecule has 3 aliphatic rings. The standard InChI is InChI=1S/C26H24N2O3/c1-2-30-26(29)22(16-27)23-15-20(17-8-4-3-5-9-17)21-14-18-10-6-12-28-13-7-11-19(24(18)28)25(21)31-23/h3-5,8-9,14-15H,2,6-7,10-13H2,1H3. The van der Waals surface area contributed by atoms with Crippen LogP contribution in [-0.4, -0.2) is 25.7 Å². The number of carbonyl (C=O) groups is 1. The fourth-order valence-corrected chi connectivity index (χ4v) is 4.88. The summed E-state index contributed by atoms with van der Waals surface area (Å²) in [6.07, 6.45) is 6.03. The Hall–Kier alpha value is -3.52. The van der Waals surface area contributed by atoms with Crippen molar-refractivity contribution in [3.8, 4) is 11.8 Å². The van der Waals surface area contributed by atoms with Crippen molar-refractivity contribution in [3.63, 3.8) is 0 Å². The predicted molar refractivity (Wildman–Crippen MR) is 119 cm³/mol. The number of nitrogens with zero attached hydrogens (tertiary/aromatic N) is 2. The van der Waals surface area contributed by atoms with E-state index in [4.69, 9.17) is 9.47 Å². The van der Waals surface area contributed by atoms with Crippen LogP contribution < -0.4 is 9.64 Å². The van der Waals surface area contributed by atoms with Crippen LogP contribution >= 0.6 is 0 Å². The summed E-state index contributed by atoms with van der Waals surface area (Å²) in [5.41, 5.74) is 6.78. The number of fused-ring (bicyclic) bond motifs is 2. The Balaban J connectivity index is 1.76. The van der Waals surface area contributed by atoms with Gasteiger partial charge in [0, 0.05) is 29.9 Å². The average molecular weight is 412 g/mol. The lowest BCUT2D eigenvalue weighted by atomic mass is 9.84. The van der Waals surface area contributed by atoms with Crippen LogP contribution in [0.4, 0.5) is 5.69 Å². The van der Waals surface area contributed by atoms with Gasteiger partial charge in [0.15, 0.2) is 11.3 Å². The molecular weight excluding hydrogens is 388 g/mol. The van der Waals surface area contributed by atoms with Crippen LogP contribution in [-0.2, 0) is 22.4 Å². The van der Waals surface area contributed by atoms with E-state index in [1.807, 2.05) is 42.5 Å². The molecule has 5 rings (SSSR count). The van der Waals surface area contributed by atoms with Crippen molar-refractivity contribution in [1.82, 2.24) is 0 Å². The van der Waals surface area contributed by atoms with E-state index in [-0.39, 0.29) is 17.9 Å². The third-order valence-corrected chi connectivity index (χ3v) is 6.17. The molecule has 0 unspecified atom stereocenters. The Kier molecular flexibility index (Phi) is 4.99. The van der Waals surface area contributed by atoms with Gasteiger partial charge in [0.1, 0.15) is 11.8 Å². The summed E-state index contributed by atoms with van der Waals surface area (Å²) >= 11 is 0. The van der Waals surface area contributed by atoms with Gasteiger partial charge in [0.05, 0.1) is 6.61 Å². The smallest absolute Gasteiger partial charge is 0.352 e. The molecule has 0 bridgehead atoms. The van der Waals surface area contributed by atoms with Crippen LogP contribution in [0.1, 0.15) is 42.0 Å². The largest absolute Gasteiger partial charge is 0.462 e. The lowest BCUT2D eigenvalue weighted by Gasteiger charge is -2.39. The predicted octanol–water partition coefficient (Wildman–Crippen LogP) is 4.55. The first-order chi connectivity index (χ1) is 15.2. The summed E-state index contributed by atoms with van der Waals surface area (Å²) in [5.74, 6) is 0.385. The number of aryl methyl sites for hydroxylation is 1. The van der Waals surface area contributed by atoms with Gasteiger partial charge in [-0.25, -0.2) is 4.79 Å². The second kappa shape index (κ2) is 7.96. The molecule has 156 valence electrons. The quantitative estimate of drug-likeness (QED) is 0.420. The number of anilines is 1. The van der Waals surface area contributed by atoms with E-state index in [0.717, 1.165) is 61.2 Å². The zero-order valence-corrected chi connectivity index (χ0v) is 17.6. The van der Waals surface area contributed by atoms with Gasteiger partial charge in [0.2, 0.25) is 0 Å². The molecule has 0 fully saturated rings. The number of rotatable bonds is 3. The minimum Gasteiger partial charge on any atom is -0.462 e. The molecule has 0 spiro atoms. The van der Waals surface area contributed by atoms with Gasteiger partial charge >= 0.3 is 5.97 Å². The van der Waals surface area contributed by atoms with Crippen molar-refractivity contribution < 1.29 is 14.3 Å². The van der Waals surface area contributed by atoms with Gasteiger partial charge < -0.3 is 14.4 Å². The lowest BCUT2D eigenvalue weighted by Crippen LogP contribution is -2.35. The summed E-state index contributed by atoms with van der Waals surface area (Å²) < 4.78 is 11.4. The Bertz CT molecular complexity index is 1150. The molecule has 0 aliphatic carbocycles. The van der Waals surface area contributed by atoms with Gasteiger partial charge in [-0.05, 0) is 61.4 Å². The van der Waals surface area contributed by atoms with Crippen molar-refractivity contribution >= 4 is 17.2 Å². The highest BCUT2D eigenvalue weighted by Gasteiger charge is 2.33. The molecule has 5 heteroatoms. The number of esters is 1. The molecule has 0 N–H and O–H groups in total. The third kappa shape index (κ3) is 3.29. The summed E-state index contributed by atoms with van der Waals surface area (Å²) in [7, 11) is 0. The SMILES string of the molecule is CCOC(=O)C(C#N)=C1C=C(c2ccccc2)c2cc3c4c(c2O1)CCCN4CCC3. The zero-order valence-electron chi connectivity index (χ0n) is 17.6. The first kappa shape index (κ1) is 19.4. The monoisotopic (exact) mass is 412 g/mol. The number of hydrogen-bond donors (Lipinski definition) is 0. The number of nitriles is 1. The minimum atomic E-state index is -0.652. The van der Waals surface area contributed by atoms with Crippen molar-refractivity contribution in [2.24, 2.45) is 0 Å². The van der Waals surface area contributed by atoms with E-state index in [1.54, 1.807) is 6.92 Å². The number of benzene rings is 2. The maximum Gasteiger partial charge on any atom is 0.352 e. The van der Waals surface area contributed by atoms with Crippen LogP contribution in [0.25, 0.3) is 5.57 Å². The van der Waals surface area contributed by atoms with Crippen molar-refractivity contribution in [2.75, 3.05) is 24.6 Å². The van der Waals surface area contributed by atoms with Crippen LogP contribution in [0.5, 0.6) is 5.75 Å². The van der Waals surface area contributed by atoms with Gasteiger partial charge in [-0.15, -0.1) is 0 Å². The Morgan fingerprint density at radius 2 is 1.97 bits per heavy atom. The molecule has 5 nitrogen and oxygen atoms in total. The molecule has 0 saturated carbocycles. The summed E-state index contributed by atoms with van der Waals surface area (Å²) in [6, 6.07) is 14.3. The molecule has 3 aliphatic heterocycles. The van der Waals surface area contributed by atoms with E-state index in [2.05, 4.69) is 11.0 Å². The molecule has 0 radical (unpaired) electrons. The number of hydrogen-bond acceptors (Lipinski definition) is 5. The average Bonchev–Trinajstić information content (AvgIpc) is 2.80. The molecule has 0 aromatic heterocycles. The van der Waals surface area contributed by atoms with Crippen LogP contribution in [0.2, 0.25) is 0 Å². The summed E-state index contributed by atoms with van der Waals surface area (Å²) in [4.78, 5) is 14.9. The fourth-order valence-electron chi connectivity index (χ4n) is 4.88. The first-order valence-electron chi connectivity index (χ1n) is 10.9. The molecule has 0 saturated heterocycles. The first-order valence-corrected chi connectivity index (χ1v) is 10.9. The van der Waals surface area contributed by atoms with Crippen molar-refractivity contribution in [3.05, 3.63) is 76.1 Å². The highest BCUT2D eigenvalue weighted by atomic mass is 16.5. The topological polar surface area (TPSA) is 62.6 Å². The highest BCUT2D eigenvalue weighted by Crippen LogP contribution is 2.48. The number of carbonyl (C=O) groups excluding carboxylic acids is 1. The molecule has 0 amide bonds. The maximum atomic E-state index is 12.5. The van der Waals surface area contributed by atoms with Gasteiger partial charge in [-0.1, -0.05) is 30.3 Å². The highest BCUT2D eigenvalue weighted by molar-refractivity contribution is 5.96. The summed E-state index contributed by atoms with van der Waals surface area (Å²) in [5, 5.41) is 9.73. The van der Waals surface area contributed by atoms with Crippen LogP contribution in [0.15, 0.2) is 53.8 Å². The van der Waals surface area contributed by atoms with E-state index in [0.29, 0.717) is 0 Å². The van der Waals surface area contributed by atoms with Gasteiger partial charge in [-0.2, -0.15) is 5.26 Å². The van der Waals surface area contributed by atoms with Gasteiger partial charge in [0.25, 0.3) is 0 Å². The molecule has 2 aromatic carbocycles. The molecule has 0 atom stereocenters. The third-order valence-electron chi connectivity index (χ3n) is 6.17. The summed E-state index contributed by atoms with van der Waals surface area (Å²) in [6.45, 7) is 4.06. The lowest BCUT2D eigenvalue weighted by molar-refractivity contribution is -0.138. The minimum absolute atomic E-state index is 0.0986. The Morgan fingerprint density at radius 1 is 1.19 bits per heavy atom. The number of allylic oxidation sites excluding steroid dienone is 1. The Morgan fingerprint density at radius 3 is 2.71 bits per heavy atom. The van der Waals surface area contributed by atoms with E-state index >= 15 is 0 Å². The van der Waals surface area contributed by atoms with Crippen LogP contribution in [0, 0.1) is 11.3 Å². The normalized spacial score (nSPS) is 18.1. The maximum absolute atomic E-state index is 12.5. The fraction of sp³-hybridized carbons (Fsp3) is 0.308. The van der Waals surface area contributed by atoms with Crippen molar-refractivity contribution in [1.29, 1.82) is 5.26 Å². The number of ether oxygens (including phenoxy) is 2. The second-order valence-electron chi connectivity index (χ2n) is 8.03. The molecule has 3 heterocycles. The second-order valence-corrected chi connectivity index (χ2v) is 8.03. The molecule has 31 heavy (non-hydrogen) atoms. The molecule has 2 aromatic rings. The van der Waals surface area contributed by atoms with Crippen LogP contribution in [0.3, 0.4) is 0 Å².